The second-order valence-corrected chi connectivity index (χ2v) is 6.57. The molecule has 0 aliphatic carbocycles. The van der Waals surface area contributed by atoms with E-state index >= 15 is 0 Å². The van der Waals surface area contributed by atoms with Crippen LogP contribution in [0.15, 0.2) is 42.5 Å². The maximum Gasteiger partial charge on any atom is 0.231 e. The van der Waals surface area contributed by atoms with Crippen LogP contribution in [-0.2, 0) is 0 Å². The fourth-order valence-electron chi connectivity index (χ4n) is 2.57. The SMILES string of the molecule is Cc1cc(Nc2ccc3c(c2)OCO3)nc(Nc2cc(Cl)cc(Cl)c2)n1. The molecule has 6 nitrogen and oxygen atoms in total. The topological polar surface area (TPSA) is 68.3 Å². The molecule has 3 aromatic rings. The monoisotopic (exact) mass is 388 g/mol. The van der Waals surface area contributed by atoms with E-state index in [2.05, 4.69) is 20.6 Å². The number of rotatable bonds is 4. The summed E-state index contributed by atoms with van der Waals surface area (Å²) >= 11 is 12.1. The standard InChI is InChI=1S/C18H14Cl2N4O2/c1-10-4-17(22-13-2-3-15-16(8-13)26-9-25-15)24-18(21-10)23-14-6-11(19)5-12(20)7-14/h2-8H,9H2,1H3,(H2,21,22,23,24). The summed E-state index contributed by atoms with van der Waals surface area (Å²) in [5.74, 6) is 2.51. The van der Waals surface area contributed by atoms with E-state index in [1.54, 1.807) is 18.2 Å². The van der Waals surface area contributed by atoms with Crippen LogP contribution in [0.4, 0.5) is 23.1 Å². The van der Waals surface area contributed by atoms with E-state index in [4.69, 9.17) is 32.7 Å². The summed E-state index contributed by atoms with van der Waals surface area (Å²) in [4.78, 5) is 8.88. The minimum Gasteiger partial charge on any atom is -0.454 e. The first-order chi connectivity index (χ1) is 12.5. The van der Waals surface area contributed by atoms with Crippen LogP contribution in [0.1, 0.15) is 5.69 Å². The molecule has 0 atom stereocenters. The Hall–Kier alpha value is -2.70. The zero-order chi connectivity index (χ0) is 18.1. The molecule has 4 rings (SSSR count). The van der Waals surface area contributed by atoms with Gasteiger partial charge < -0.3 is 20.1 Å². The number of ether oxygens (including phenoxy) is 2. The van der Waals surface area contributed by atoms with Gasteiger partial charge in [0.15, 0.2) is 11.5 Å². The van der Waals surface area contributed by atoms with Gasteiger partial charge in [0.1, 0.15) is 5.82 Å². The molecule has 8 heteroatoms. The molecule has 0 saturated heterocycles. The van der Waals surface area contributed by atoms with Crippen molar-refractivity contribution < 1.29 is 9.47 Å². The van der Waals surface area contributed by atoms with Crippen molar-refractivity contribution in [2.75, 3.05) is 17.4 Å². The van der Waals surface area contributed by atoms with Gasteiger partial charge >= 0.3 is 0 Å². The van der Waals surface area contributed by atoms with Crippen LogP contribution >= 0.6 is 23.2 Å². The van der Waals surface area contributed by atoms with Crippen LogP contribution in [0.25, 0.3) is 0 Å². The van der Waals surface area contributed by atoms with E-state index in [1.807, 2.05) is 31.2 Å². The molecule has 0 amide bonds. The molecule has 2 heterocycles. The first kappa shape index (κ1) is 16.8. The number of aryl methyl sites for hydroxylation is 1. The highest BCUT2D eigenvalue weighted by atomic mass is 35.5. The molecule has 0 bridgehead atoms. The summed E-state index contributed by atoms with van der Waals surface area (Å²) < 4.78 is 10.7. The Morgan fingerprint density at radius 1 is 0.846 bits per heavy atom. The Bertz CT molecular complexity index is 961. The molecule has 0 spiro atoms. The number of halogens is 2. The Morgan fingerprint density at radius 3 is 2.42 bits per heavy atom. The second-order valence-electron chi connectivity index (χ2n) is 5.69. The lowest BCUT2D eigenvalue weighted by Gasteiger charge is -2.11. The van der Waals surface area contributed by atoms with Gasteiger partial charge in [0.2, 0.25) is 12.7 Å². The Morgan fingerprint density at radius 2 is 1.62 bits per heavy atom. The molecule has 132 valence electrons. The highest BCUT2D eigenvalue weighted by Crippen LogP contribution is 2.35. The van der Waals surface area contributed by atoms with E-state index in [-0.39, 0.29) is 6.79 Å². The van der Waals surface area contributed by atoms with Gasteiger partial charge in [-0.05, 0) is 37.3 Å². The van der Waals surface area contributed by atoms with Gasteiger partial charge in [0.05, 0.1) is 0 Å². The van der Waals surface area contributed by atoms with Crippen LogP contribution in [0.5, 0.6) is 11.5 Å². The maximum atomic E-state index is 6.03. The fraction of sp³-hybridized carbons (Fsp3) is 0.111. The number of benzene rings is 2. The summed E-state index contributed by atoms with van der Waals surface area (Å²) in [6.07, 6.45) is 0. The second kappa shape index (κ2) is 6.90. The van der Waals surface area contributed by atoms with Crippen molar-refractivity contribution in [3.05, 3.63) is 58.2 Å². The number of anilines is 4. The van der Waals surface area contributed by atoms with Crippen molar-refractivity contribution >= 4 is 46.3 Å². The Labute approximate surface area is 160 Å². The lowest BCUT2D eigenvalue weighted by Crippen LogP contribution is -2.02. The molecule has 0 unspecified atom stereocenters. The lowest BCUT2D eigenvalue weighted by molar-refractivity contribution is 0.174. The van der Waals surface area contributed by atoms with Gasteiger partial charge in [-0.3, -0.25) is 0 Å². The summed E-state index contributed by atoms with van der Waals surface area (Å²) in [5, 5.41) is 7.43. The largest absolute Gasteiger partial charge is 0.454 e. The first-order valence-corrected chi connectivity index (χ1v) is 8.56. The van der Waals surface area contributed by atoms with E-state index in [0.29, 0.717) is 33.2 Å². The van der Waals surface area contributed by atoms with Crippen molar-refractivity contribution in [2.24, 2.45) is 0 Å². The molecule has 1 aliphatic heterocycles. The lowest BCUT2D eigenvalue weighted by atomic mass is 10.2. The quantitative estimate of drug-likeness (QED) is 0.631. The zero-order valence-corrected chi connectivity index (χ0v) is 15.2. The van der Waals surface area contributed by atoms with Gasteiger partial charge in [-0.2, -0.15) is 4.98 Å². The van der Waals surface area contributed by atoms with Gasteiger partial charge in [-0.25, -0.2) is 4.98 Å². The van der Waals surface area contributed by atoms with Gasteiger partial charge in [-0.1, -0.05) is 23.2 Å². The molecule has 2 aromatic carbocycles. The van der Waals surface area contributed by atoms with Crippen LogP contribution in [0.3, 0.4) is 0 Å². The van der Waals surface area contributed by atoms with Gasteiger partial charge in [0.25, 0.3) is 0 Å². The molecule has 1 aliphatic rings. The molecule has 0 fully saturated rings. The Balaban J connectivity index is 1.58. The van der Waals surface area contributed by atoms with E-state index < -0.39 is 0 Å². The normalized spacial score (nSPS) is 12.1. The van der Waals surface area contributed by atoms with Crippen molar-refractivity contribution in [1.82, 2.24) is 9.97 Å². The van der Waals surface area contributed by atoms with Gasteiger partial charge in [-0.15, -0.1) is 0 Å². The Kier molecular flexibility index (Phi) is 4.44. The van der Waals surface area contributed by atoms with Gasteiger partial charge in [0, 0.05) is 39.2 Å². The molecule has 2 N–H and O–H groups in total. The molecule has 26 heavy (non-hydrogen) atoms. The molecular formula is C18H14Cl2N4O2. The zero-order valence-electron chi connectivity index (χ0n) is 13.7. The van der Waals surface area contributed by atoms with E-state index in [1.165, 1.54) is 0 Å². The number of fused-ring (bicyclic) bond motifs is 1. The highest BCUT2D eigenvalue weighted by molar-refractivity contribution is 6.35. The third-order valence-electron chi connectivity index (χ3n) is 3.62. The summed E-state index contributed by atoms with van der Waals surface area (Å²) in [7, 11) is 0. The summed E-state index contributed by atoms with van der Waals surface area (Å²) in [5.41, 5.74) is 2.35. The van der Waals surface area contributed by atoms with Crippen LogP contribution in [0, 0.1) is 6.92 Å². The predicted octanol–water partition coefficient (Wildman–Crippen LogP) is 5.31. The van der Waals surface area contributed by atoms with Crippen LogP contribution in [-0.4, -0.2) is 16.8 Å². The summed E-state index contributed by atoms with van der Waals surface area (Å²) in [6.45, 7) is 2.13. The predicted molar refractivity (Wildman–Crippen MR) is 102 cm³/mol. The minimum atomic E-state index is 0.238. The minimum absolute atomic E-state index is 0.238. The maximum absolute atomic E-state index is 6.03. The fourth-order valence-corrected chi connectivity index (χ4v) is 3.09. The van der Waals surface area contributed by atoms with Crippen molar-refractivity contribution in [1.29, 1.82) is 0 Å². The average molecular weight is 389 g/mol. The van der Waals surface area contributed by atoms with Crippen LogP contribution in [0.2, 0.25) is 10.0 Å². The highest BCUT2D eigenvalue weighted by Gasteiger charge is 2.13. The van der Waals surface area contributed by atoms with E-state index in [0.717, 1.165) is 17.1 Å². The smallest absolute Gasteiger partial charge is 0.231 e. The van der Waals surface area contributed by atoms with Crippen molar-refractivity contribution in [2.45, 2.75) is 6.92 Å². The van der Waals surface area contributed by atoms with Crippen LogP contribution < -0.4 is 20.1 Å². The average Bonchev–Trinajstić information content (AvgIpc) is 3.01. The number of hydrogen-bond acceptors (Lipinski definition) is 6. The molecular weight excluding hydrogens is 375 g/mol. The molecule has 1 aromatic heterocycles. The number of nitrogens with zero attached hydrogens (tertiary/aromatic N) is 2. The molecule has 0 saturated carbocycles. The number of nitrogens with one attached hydrogen (secondary N) is 2. The molecule has 0 radical (unpaired) electrons. The first-order valence-electron chi connectivity index (χ1n) is 7.81. The number of aromatic nitrogens is 2. The third kappa shape index (κ3) is 3.76. The van der Waals surface area contributed by atoms with Crippen molar-refractivity contribution in [3.63, 3.8) is 0 Å². The summed E-state index contributed by atoms with van der Waals surface area (Å²) in [6, 6.07) is 12.6. The number of hydrogen-bond donors (Lipinski definition) is 2. The third-order valence-corrected chi connectivity index (χ3v) is 4.05. The van der Waals surface area contributed by atoms with E-state index in [9.17, 15) is 0 Å². The van der Waals surface area contributed by atoms with Crippen molar-refractivity contribution in [3.8, 4) is 11.5 Å².